The molecule has 0 saturated carbocycles. The number of nitrogen functional groups attached to an aromatic ring is 1. The van der Waals surface area contributed by atoms with E-state index in [1.54, 1.807) is 17.1 Å². The molecular formula is C20H21N3O. The summed E-state index contributed by atoms with van der Waals surface area (Å²) < 4.78 is 2.13. The molecule has 4 nitrogen and oxygen atoms in total. The van der Waals surface area contributed by atoms with Crippen molar-refractivity contribution in [2.75, 3.05) is 12.8 Å². The Morgan fingerprint density at radius 3 is 2.58 bits per heavy atom. The predicted molar refractivity (Wildman–Crippen MR) is 99.3 cm³/mol. The van der Waals surface area contributed by atoms with E-state index in [0.717, 1.165) is 11.3 Å². The lowest BCUT2D eigenvalue weighted by Crippen LogP contribution is -2.25. The molecule has 0 atom stereocenters. The molecule has 2 N–H and O–H groups in total. The van der Waals surface area contributed by atoms with Crippen LogP contribution in [0.25, 0.3) is 17.0 Å². The van der Waals surface area contributed by atoms with Gasteiger partial charge in [-0.05, 0) is 41.3 Å². The topological polar surface area (TPSA) is 51.3 Å². The molecule has 0 saturated heterocycles. The number of hydrogen-bond acceptors (Lipinski definition) is 2. The molecule has 0 spiro atoms. The van der Waals surface area contributed by atoms with Crippen molar-refractivity contribution < 1.29 is 4.79 Å². The van der Waals surface area contributed by atoms with Crippen molar-refractivity contribution >= 4 is 28.6 Å². The summed E-state index contributed by atoms with van der Waals surface area (Å²) in [5.74, 6) is -0.0305. The Labute approximate surface area is 141 Å². The number of carbonyl (C=O) groups is 1. The second kappa shape index (κ2) is 6.62. The average molecular weight is 319 g/mol. The van der Waals surface area contributed by atoms with E-state index in [1.807, 2.05) is 50.5 Å². The summed E-state index contributed by atoms with van der Waals surface area (Å²) in [6.45, 7) is 0.566. The molecule has 0 aliphatic heterocycles. The first-order valence-electron chi connectivity index (χ1n) is 7.86. The van der Waals surface area contributed by atoms with E-state index in [9.17, 15) is 4.79 Å². The van der Waals surface area contributed by atoms with Crippen LogP contribution in [0.4, 0.5) is 5.69 Å². The Kier molecular flexibility index (Phi) is 4.38. The van der Waals surface area contributed by atoms with Gasteiger partial charge in [0.15, 0.2) is 0 Å². The van der Waals surface area contributed by atoms with Crippen LogP contribution in [-0.4, -0.2) is 22.4 Å². The van der Waals surface area contributed by atoms with Crippen LogP contribution < -0.4 is 5.73 Å². The summed E-state index contributed by atoms with van der Waals surface area (Å²) in [5.41, 5.74) is 9.61. The molecule has 122 valence electrons. The van der Waals surface area contributed by atoms with E-state index in [4.69, 9.17) is 5.73 Å². The lowest BCUT2D eigenvalue weighted by atomic mass is 10.2. The third-order valence-corrected chi connectivity index (χ3v) is 4.18. The molecular weight excluding hydrogens is 298 g/mol. The number of amides is 1. The molecule has 0 unspecified atom stereocenters. The van der Waals surface area contributed by atoms with E-state index < -0.39 is 0 Å². The number of rotatable bonds is 4. The highest BCUT2D eigenvalue weighted by Gasteiger charge is 2.10. The van der Waals surface area contributed by atoms with Gasteiger partial charge >= 0.3 is 0 Å². The van der Waals surface area contributed by atoms with Crippen molar-refractivity contribution in [1.82, 2.24) is 9.47 Å². The summed E-state index contributed by atoms with van der Waals surface area (Å²) >= 11 is 0. The smallest absolute Gasteiger partial charge is 0.246 e. The Balaban J connectivity index is 1.71. The fraction of sp³-hybridized carbons (Fsp3) is 0.150. The van der Waals surface area contributed by atoms with Crippen LogP contribution in [0.15, 0.2) is 60.7 Å². The van der Waals surface area contributed by atoms with Crippen LogP contribution in [-0.2, 0) is 18.4 Å². The van der Waals surface area contributed by atoms with Gasteiger partial charge in [-0.25, -0.2) is 0 Å². The van der Waals surface area contributed by atoms with Gasteiger partial charge in [0.2, 0.25) is 5.91 Å². The number of para-hydroxylation sites is 1. The fourth-order valence-corrected chi connectivity index (χ4v) is 2.72. The predicted octanol–water partition coefficient (Wildman–Crippen LogP) is 3.43. The summed E-state index contributed by atoms with van der Waals surface area (Å²) in [5, 5.41) is 1.19. The lowest BCUT2D eigenvalue weighted by Gasteiger charge is -2.15. The van der Waals surface area contributed by atoms with Gasteiger partial charge in [-0.15, -0.1) is 0 Å². The second-order valence-electron chi connectivity index (χ2n) is 5.95. The third kappa shape index (κ3) is 3.33. The van der Waals surface area contributed by atoms with Gasteiger partial charge in [0.25, 0.3) is 0 Å². The number of likely N-dealkylation sites (N-methyl/N-ethyl adjacent to an activating group) is 1. The van der Waals surface area contributed by atoms with E-state index >= 15 is 0 Å². The highest BCUT2D eigenvalue weighted by Crippen LogP contribution is 2.19. The Bertz CT molecular complexity index is 891. The van der Waals surface area contributed by atoms with E-state index in [2.05, 4.69) is 22.8 Å². The maximum atomic E-state index is 12.3. The van der Waals surface area contributed by atoms with Gasteiger partial charge in [0.05, 0.1) is 6.54 Å². The molecule has 3 aromatic rings. The van der Waals surface area contributed by atoms with E-state index in [1.165, 1.54) is 10.9 Å². The van der Waals surface area contributed by atoms with E-state index in [0.29, 0.717) is 12.2 Å². The number of carbonyl (C=O) groups excluding carboxylic acids is 1. The first-order valence-corrected chi connectivity index (χ1v) is 7.86. The number of nitrogens with zero attached hydrogens (tertiary/aromatic N) is 2. The van der Waals surface area contributed by atoms with Gasteiger partial charge < -0.3 is 15.2 Å². The molecule has 24 heavy (non-hydrogen) atoms. The molecule has 4 heteroatoms. The normalized spacial score (nSPS) is 11.2. The largest absolute Gasteiger partial charge is 0.399 e. The number of aromatic nitrogens is 1. The molecule has 0 aliphatic carbocycles. The van der Waals surface area contributed by atoms with Crippen LogP contribution in [0.2, 0.25) is 0 Å². The van der Waals surface area contributed by atoms with Crippen molar-refractivity contribution in [2.45, 2.75) is 6.54 Å². The SMILES string of the molecule is CN(Cc1cc2ccccc2n1C)C(=O)/C=C/c1ccc(N)cc1. The minimum Gasteiger partial charge on any atom is -0.399 e. The maximum Gasteiger partial charge on any atom is 0.246 e. The quantitative estimate of drug-likeness (QED) is 0.591. The Hall–Kier alpha value is -3.01. The number of fused-ring (bicyclic) bond motifs is 1. The molecule has 3 rings (SSSR count). The molecule has 2 aromatic carbocycles. The van der Waals surface area contributed by atoms with Crippen molar-refractivity contribution in [1.29, 1.82) is 0 Å². The number of hydrogen-bond donors (Lipinski definition) is 1. The first-order chi connectivity index (χ1) is 11.5. The highest BCUT2D eigenvalue weighted by molar-refractivity contribution is 5.91. The van der Waals surface area contributed by atoms with Gasteiger partial charge in [-0.1, -0.05) is 30.3 Å². The standard InChI is InChI=1S/C20H21N3O/c1-22(20(24)12-9-15-7-10-17(21)11-8-15)14-18-13-16-5-3-4-6-19(16)23(18)2/h3-13H,14,21H2,1-2H3/b12-9+. The molecule has 1 aromatic heterocycles. The molecule has 1 heterocycles. The van der Waals surface area contributed by atoms with Crippen LogP contribution in [0, 0.1) is 0 Å². The Morgan fingerprint density at radius 2 is 1.88 bits per heavy atom. The molecule has 0 aliphatic rings. The van der Waals surface area contributed by atoms with Gasteiger partial charge in [-0.3, -0.25) is 4.79 Å². The monoisotopic (exact) mass is 319 g/mol. The van der Waals surface area contributed by atoms with Crippen LogP contribution in [0.5, 0.6) is 0 Å². The summed E-state index contributed by atoms with van der Waals surface area (Å²) in [6.07, 6.45) is 3.40. The first kappa shape index (κ1) is 15.9. The molecule has 1 amide bonds. The van der Waals surface area contributed by atoms with Crippen LogP contribution in [0.1, 0.15) is 11.3 Å². The summed E-state index contributed by atoms with van der Waals surface area (Å²) in [6, 6.07) is 17.8. The van der Waals surface area contributed by atoms with Gasteiger partial charge in [-0.2, -0.15) is 0 Å². The van der Waals surface area contributed by atoms with Crippen molar-refractivity contribution in [3.05, 3.63) is 71.9 Å². The average Bonchev–Trinajstić information content (AvgIpc) is 2.90. The number of aryl methyl sites for hydroxylation is 1. The third-order valence-electron chi connectivity index (χ3n) is 4.18. The van der Waals surface area contributed by atoms with E-state index in [-0.39, 0.29) is 5.91 Å². The summed E-state index contributed by atoms with van der Waals surface area (Å²) in [4.78, 5) is 14.0. The molecule has 0 radical (unpaired) electrons. The zero-order valence-corrected chi connectivity index (χ0v) is 13.9. The van der Waals surface area contributed by atoms with Crippen LogP contribution >= 0.6 is 0 Å². The number of nitrogens with two attached hydrogens (primary N) is 1. The number of anilines is 1. The van der Waals surface area contributed by atoms with Gasteiger partial charge in [0, 0.05) is 37.1 Å². The maximum absolute atomic E-state index is 12.3. The minimum absolute atomic E-state index is 0.0305. The minimum atomic E-state index is -0.0305. The van der Waals surface area contributed by atoms with Crippen molar-refractivity contribution in [2.24, 2.45) is 7.05 Å². The second-order valence-corrected chi connectivity index (χ2v) is 5.95. The zero-order chi connectivity index (χ0) is 17.1. The van der Waals surface area contributed by atoms with Gasteiger partial charge in [0.1, 0.15) is 0 Å². The highest BCUT2D eigenvalue weighted by atomic mass is 16.2. The number of benzene rings is 2. The van der Waals surface area contributed by atoms with Crippen molar-refractivity contribution in [3.63, 3.8) is 0 Å². The fourth-order valence-electron chi connectivity index (χ4n) is 2.72. The van der Waals surface area contributed by atoms with Crippen LogP contribution in [0.3, 0.4) is 0 Å². The summed E-state index contributed by atoms with van der Waals surface area (Å²) in [7, 11) is 3.84. The van der Waals surface area contributed by atoms with Crippen molar-refractivity contribution in [3.8, 4) is 0 Å². The molecule has 0 bridgehead atoms. The Morgan fingerprint density at radius 1 is 1.17 bits per heavy atom. The zero-order valence-electron chi connectivity index (χ0n) is 13.9. The lowest BCUT2D eigenvalue weighted by molar-refractivity contribution is -0.125. The molecule has 0 fully saturated rings.